The van der Waals surface area contributed by atoms with Gasteiger partial charge in [0, 0.05) is 43.3 Å². The van der Waals surface area contributed by atoms with E-state index in [1.54, 1.807) is 10.2 Å². The predicted molar refractivity (Wildman–Crippen MR) is 128 cm³/mol. The molecule has 1 aliphatic heterocycles. The first-order valence-electron chi connectivity index (χ1n) is 11.2. The summed E-state index contributed by atoms with van der Waals surface area (Å²) in [7, 11) is -11.0. The fourth-order valence-electron chi connectivity index (χ4n) is 4.47. The Bertz CT molecular complexity index is 1400. The van der Waals surface area contributed by atoms with Crippen molar-refractivity contribution in [2.75, 3.05) is 31.1 Å². The summed E-state index contributed by atoms with van der Waals surface area (Å²) in [6.45, 7) is 2.14. The highest BCUT2D eigenvalue weighted by atomic mass is 31.2. The van der Waals surface area contributed by atoms with Crippen LogP contribution in [0.3, 0.4) is 0 Å². The normalized spacial score (nSPS) is 16.9. The Kier molecular flexibility index (Phi) is 7.34. The Hall–Kier alpha value is -2.64. The van der Waals surface area contributed by atoms with Crippen molar-refractivity contribution < 1.29 is 47.8 Å². The molecule has 1 aromatic carbocycles. The van der Waals surface area contributed by atoms with Crippen LogP contribution in [0, 0.1) is 5.82 Å². The monoisotopic (exact) mass is 562 g/mol. The van der Waals surface area contributed by atoms with Gasteiger partial charge in [-0.25, -0.2) is 9.18 Å². The zero-order chi connectivity index (χ0) is 27.3. The molecule has 1 saturated carbocycles. The lowest BCUT2D eigenvalue weighted by Crippen LogP contribution is -2.44. The number of hydrogen-bond donors (Lipinski definition) is 7. The quantitative estimate of drug-likeness (QED) is 0.210. The molecule has 14 nitrogen and oxygen atoms in total. The number of anilines is 1. The van der Waals surface area contributed by atoms with Crippen molar-refractivity contribution in [3.63, 3.8) is 0 Å². The van der Waals surface area contributed by atoms with Gasteiger partial charge in [0.1, 0.15) is 11.4 Å². The van der Waals surface area contributed by atoms with E-state index in [1.807, 2.05) is 0 Å². The molecule has 2 aromatic rings. The van der Waals surface area contributed by atoms with E-state index in [0.29, 0.717) is 39.0 Å². The minimum atomic E-state index is -5.51. The number of pyridine rings is 1. The Morgan fingerprint density at radius 2 is 1.70 bits per heavy atom. The molecule has 2 heterocycles. The Morgan fingerprint density at radius 1 is 1.11 bits per heavy atom. The molecule has 0 bridgehead atoms. The summed E-state index contributed by atoms with van der Waals surface area (Å²) in [5.41, 5.74) is -4.71. The lowest BCUT2D eigenvalue weighted by atomic mass is 10.0. The molecule has 1 aromatic heterocycles. The summed E-state index contributed by atoms with van der Waals surface area (Å²) in [5, 5.41) is 14.3. The number of nitrogens with one attached hydrogen (secondary N) is 2. The molecule has 0 atom stereocenters. The van der Waals surface area contributed by atoms with E-state index in [0.717, 1.165) is 6.07 Å². The molecule has 2 aliphatic rings. The van der Waals surface area contributed by atoms with E-state index < -0.39 is 55.8 Å². The molecule has 17 heteroatoms. The van der Waals surface area contributed by atoms with Crippen LogP contribution in [-0.4, -0.2) is 72.8 Å². The third kappa shape index (κ3) is 5.63. The first-order valence-corrected chi connectivity index (χ1v) is 14.6. The van der Waals surface area contributed by atoms with Crippen molar-refractivity contribution in [2.45, 2.75) is 30.8 Å². The molecule has 4 rings (SSSR count). The molecular weight excluding hydrogens is 537 g/mol. The fourth-order valence-corrected chi connectivity index (χ4v) is 6.66. The molecule has 0 unspecified atom stereocenters. The minimum absolute atomic E-state index is 0.178. The van der Waals surface area contributed by atoms with Crippen LogP contribution in [-0.2, 0) is 20.3 Å². The van der Waals surface area contributed by atoms with Gasteiger partial charge in [-0.15, -0.1) is 0 Å². The van der Waals surface area contributed by atoms with Crippen LogP contribution in [0.15, 0.2) is 16.9 Å². The van der Waals surface area contributed by atoms with Crippen molar-refractivity contribution in [1.82, 2.24) is 15.2 Å². The van der Waals surface area contributed by atoms with Gasteiger partial charge in [-0.3, -0.25) is 18.7 Å². The number of carboxylic acids is 1. The maximum absolute atomic E-state index is 15.1. The van der Waals surface area contributed by atoms with Crippen molar-refractivity contribution in [1.29, 1.82) is 0 Å². The third-order valence-electron chi connectivity index (χ3n) is 6.21. The van der Waals surface area contributed by atoms with Crippen LogP contribution in [0.1, 0.15) is 34.9 Å². The van der Waals surface area contributed by atoms with E-state index in [9.17, 15) is 48.2 Å². The van der Waals surface area contributed by atoms with Crippen LogP contribution in [0.2, 0.25) is 0 Å². The number of nitrogens with zero attached hydrogens (tertiary/aromatic N) is 2. The highest BCUT2D eigenvalue weighted by Gasteiger charge is 2.45. The van der Waals surface area contributed by atoms with E-state index in [4.69, 9.17) is 0 Å². The number of hydrogen-bond acceptors (Lipinski definition) is 7. The smallest absolute Gasteiger partial charge is 0.360 e. The topological polar surface area (TPSA) is 219 Å². The second kappa shape index (κ2) is 9.91. The van der Waals surface area contributed by atoms with Gasteiger partial charge < -0.3 is 44.8 Å². The number of aromatic carboxylic acids is 1. The summed E-state index contributed by atoms with van der Waals surface area (Å²) in [4.78, 5) is 77.0. The number of amides is 1. The van der Waals surface area contributed by atoms with E-state index in [-0.39, 0.29) is 28.3 Å². The van der Waals surface area contributed by atoms with Gasteiger partial charge in [0.15, 0.2) is 0 Å². The number of carbonyl (C=O) groups excluding carboxylic acids is 1. The molecule has 37 heavy (non-hydrogen) atoms. The molecular formula is C20H25FN4O10P2. The minimum Gasteiger partial charge on any atom is -0.477 e. The zero-order valence-electron chi connectivity index (χ0n) is 19.2. The number of fused-ring (bicyclic) bond motifs is 1. The number of benzene rings is 1. The number of halogens is 1. The molecule has 2 fully saturated rings. The summed E-state index contributed by atoms with van der Waals surface area (Å²) < 4.78 is 39.6. The average molecular weight is 562 g/mol. The molecule has 0 radical (unpaired) electrons. The van der Waals surface area contributed by atoms with Gasteiger partial charge in [0.05, 0.1) is 17.6 Å². The lowest BCUT2D eigenvalue weighted by molar-refractivity contribution is -0.120. The van der Waals surface area contributed by atoms with Gasteiger partial charge >= 0.3 is 21.2 Å². The van der Waals surface area contributed by atoms with Crippen LogP contribution in [0.4, 0.5) is 10.1 Å². The predicted octanol–water partition coefficient (Wildman–Crippen LogP) is -0.119. The fraction of sp³-hybridized carbons (Fsp3) is 0.450. The number of rotatable bonds is 8. The Balaban J connectivity index is 1.88. The largest absolute Gasteiger partial charge is 0.477 e. The van der Waals surface area contributed by atoms with E-state index in [1.165, 1.54) is 10.6 Å². The molecule has 1 saturated heterocycles. The van der Waals surface area contributed by atoms with Crippen LogP contribution in [0.25, 0.3) is 10.9 Å². The second-order valence-electron chi connectivity index (χ2n) is 8.91. The first-order chi connectivity index (χ1) is 17.2. The summed E-state index contributed by atoms with van der Waals surface area (Å²) in [6, 6.07) is 2.03. The summed E-state index contributed by atoms with van der Waals surface area (Å²) in [6.07, 6.45) is 0.180. The maximum Gasteiger partial charge on any atom is 0.360 e. The van der Waals surface area contributed by atoms with E-state index >= 15 is 4.39 Å². The first kappa shape index (κ1) is 27.4. The lowest BCUT2D eigenvalue weighted by Gasteiger charge is -2.30. The van der Waals surface area contributed by atoms with Crippen molar-refractivity contribution in [3.8, 4) is 0 Å². The molecule has 1 amide bonds. The highest BCUT2D eigenvalue weighted by Crippen LogP contribution is 2.58. The second-order valence-corrected chi connectivity index (χ2v) is 12.7. The van der Waals surface area contributed by atoms with E-state index in [2.05, 4.69) is 5.32 Å². The Labute approximate surface area is 208 Å². The molecule has 1 aliphatic carbocycles. The van der Waals surface area contributed by atoms with Crippen LogP contribution in [0.5, 0.6) is 0 Å². The van der Waals surface area contributed by atoms with Crippen molar-refractivity contribution in [3.05, 3.63) is 39.4 Å². The number of carbonyl (C=O) groups is 2. The van der Waals surface area contributed by atoms with Gasteiger partial charge in [0.25, 0.3) is 0 Å². The highest BCUT2D eigenvalue weighted by molar-refractivity contribution is 7.70. The van der Waals surface area contributed by atoms with Gasteiger partial charge in [-0.05, 0) is 25.0 Å². The molecule has 202 valence electrons. The standard InChI is InChI=1S/C20H25FN4O10P2/c21-12-7-11-13(8-14(12)24-5-3-22-4-6-24)25(10-1-2-10)15(17(18(11)27)19(28)29)9-16(26)23-20(36(30,31)32)37(33,34)35/h7-8,10,20,22H,1-6,9H2,(H,23,26)(H,28,29)(H2,30,31,32)(H2,33,34,35). The number of piperazine rings is 1. The molecule has 0 spiro atoms. The van der Waals surface area contributed by atoms with Crippen molar-refractivity contribution >= 4 is 43.7 Å². The zero-order valence-corrected chi connectivity index (χ0v) is 21.0. The average Bonchev–Trinajstić information content (AvgIpc) is 3.62. The number of carboxylic acid groups (broad SMARTS) is 1. The summed E-state index contributed by atoms with van der Waals surface area (Å²) in [5.74, 6) is -3.75. The summed E-state index contributed by atoms with van der Waals surface area (Å²) >= 11 is 0. The number of aromatic nitrogens is 1. The van der Waals surface area contributed by atoms with Gasteiger partial charge in [0.2, 0.25) is 16.9 Å². The van der Waals surface area contributed by atoms with Gasteiger partial charge in [-0.2, -0.15) is 0 Å². The van der Waals surface area contributed by atoms with Crippen LogP contribution >= 0.6 is 15.2 Å². The van der Waals surface area contributed by atoms with Crippen LogP contribution < -0.4 is 21.0 Å². The SMILES string of the molecule is O=C(Cc1c(C(=O)O)c(=O)c2cc(F)c(N3CCNCC3)cc2n1C1CC1)NC(P(=O)(O)O)P(=O)(O)O. The molecule has 7 N–H and O–H groups in total. The Morgan fingerprint density at radius 3 is 2.22 bits per heavy atom. The van der Waals surface area contributed by atoms with Crippen molar-refractivity contribution in [2.24, 2.45) is 0 Å². The third-order valence-corrected chi connectivity index (χ3v) is 9.55. The van der Waals surface area contributed by atoms with Gasteiger partial charge in [-0.1, -0.05) is 0 Å². The maximum atomic E-state index is 15.1.